The molecule has 0 aromatic heterocycles. The molecule has 0 aliphatic heterocycles. The van der Waals surface area contributed by atoms with Gasteiger partial charge in [-0.15, -0.1) is 0 Å². The van der Waals surface area contributed by atoms with Crippen LogP contribution in [-0.2, 0) is 10.0 Å². The lowest BCUT2D eigenvalue weighted by Gasteiger charge is -2.21. The van der Waals surface area contributed by atoms with Gasteiger partial charge in [0, 0.05) is 11.7 Å². The molecule has 0 bridgehead atoms. The molecule has 3 unspecified atom stereocenters. The van der Waals surface area contributed by atoms with Crippen molar-refractivity contribution >= 4 is 21.4 Å². The minimum Gasteiger partial charge on any atom is -0.398 e. The number of anilines is 2. The zero-order valence-corrected chi connectivity index (χ0v) is 13.0. The lowest BCUT2D eigenvalue weighted by molar-refractivity contribution is 0.435. The van der Waals surface area contributed by atoms with Crippen LogP contribution in [0.3, 0.4) is 0 Å². The summed E-state index contributed by atoms with van der Waals surface area (Å²) in [6, 6.07) is 5.44. The van der Waals surface area contributed by atoms with Crippen molar-refractivity contribution in [1.29, 1.82) is 0 Å². The first-order valence-corrected chi connectivity index (χ1v) is 8.43. The molecule has 4 N–H and O–H groups in total. The molecule has 1 aliphatic carbocycles. The molecule has 0 saturated heterocycles. The number of hydrogen-bond donors (Lipinski definition) is 3. The van der Waals surface area contributed by atoms with E-state index in [9.17, 15) is 8.42 Å². The number of hydrogen-bond acceptors (Lipinski definition) is 4. The Morgan fingerprint density at radius 1 is 1.25 bits per heavy atom. The quantitative estimate of drug-likeness (QED) is 0.742. The van der Waals surface area contributed by atoms with Gasteiger partial charge in [-0.05, 0) is 49.9 Å². The Balaban J connectivity index is 2.18. The van der Waals surface area contributed by atoms with E-state index >= 15 is 0 Å². The smallest absolute Gasteiger partial charge is 0.242 e. The fourth-order valence-corrected chi connectivity index (χ4v) is 3.61. The maximum absolute atomic E-state index is 11.8. The van der Waals surface area contributed by atoms with Gasteiger partial charge in [0.15, 0.2) is 0 Å². The average molecular weight is 297 g/mol. The molecular weight excluding hydrogens is 274 g/mol. The molecule has 5 nitrogen and oxygen atoms in total. The molecule has 6 heteroatoms. The number of benzene rings is 1. The van der Waals surface area contributed by atoms with Crippen molar-refractivity contribution < 1.29 is 8.42 Å². The van der Waals surface area contributed by atoms with E-state index in [0.29, 0.717) is 17.9 Å². The van der Waals surface area contributed by atoms with Gasteiger partial charge in [-0.25, -0.2) is 13.1 Å². The first-order chi connectivity index (χ1) is 9.35. The van der Waals surface area contributed by atoms with Crippen LogP contribution in [0.1, 0.15) is 26.7 Å². The van der Waals surface area contributed by atoms with Gasteiger partial charge < -0.3 is 11.1 Å². The van der Waals surface area contributed by atoms with E-state index in [1.54, 1.807) is 18.2 Å². The zero-order valence-electron chi connectivity index (χ0n) is 12.2. The third kappa shape index (κ3) is 2.91. The van der Waals surface area contributed by atoms with Crippen LogP contribution in [0.5, 0.6) is 0 Å². The predicted molar refractivity (Wildman–Crippen MR) is 82.1 cm³/mol. The second kappa shape index (κ2) is 5.61. The van der Waals surface area contributed by atoms with Gasteiger partial charge in [0.05, 0.1) is 5.69 Å². The molecule has 1 saturated carbocycles. The summed E-state index contributed by atoms with van der Waals surface area (Å²) >= 11 is 0. The second-order valence-electron chi connectivity index (χ2n) is 5.62. The summed E-state index contributed by atoms with van der Waals surface area (Å²) < 4.78 is 25.8. The highest BCUT2D eigenvalue weighted by atomic mass is 32.2. The molecule has 1 aromatic rings. The summed E-state index contributed by atoms with van der Waals surface area (Å²) in [4.78, 5) is 0.124. The third-order valence-corrected chi connectivity index (χ3v) is 5.87. The first kappa shape index (κ1) is 15.1. The maximum Gasteiger partial charge on any atom is 0.242 e. The molecule has 0 radical (unpaired) electrons. The van der Waals surface area contributed by atoms with Gasteiger partial charge in [0.2, 0.25) is 10.0 Å². The number of nitrogen functional groups attached to an aromatic ring is 1. The number of sulfonamides is 1. The van der Waals surface area contributed by atoms with Gasteiger partial charge in [-0.3, -0.25) is 0 Å². The minimum absolute atomic E-state index is 0.124. The van der Waals surface area contributed by atoms with E-state index < -0.39 is 10.0 Å². The molecule has 112 valence electrons. The normalized spacial score (nSPS) is 26.6. The van der Waals surface area contributed by atoms with Crippen molar-refractivity contribution in [2.24, 2.45) is 11.8 Å². The largest absolute Gasteiger partial charge is 0.398 e. The summed E-state index contributed by atoms with van der Waals surface area (Å²) in [6.07, 6.45) is 2.36. The van der Waals surface area contributed by atoms with Gasteiger partial charge >= 0.3 is 0 Å². The van der Waals surface area contributed by atoms with Crippen molar-refractivity contribution in [2.45, 2.75) is 37.6 Å². The van der Waals surface area contributed by atoms with E-state index in [1.165, 1.54) is 13.5 Å². The Labute approximate surface area is 121 Å². The SMILES string of the molecule is CNS(=O)(=O)c1ccc(NC2CCC(C)C2C)cc1N. The monoisotopic (exact) mass is 297 g/mol. The Morgan fingerprint density at radius 3 is 2.45 bits per heavy atom. The number of nitrogens with two attached hydrogens (primary N) is 1. The Hall–Kier alpha value is -1.27. The second-order valence-corrected chi connectivity index (χ2v) is 7.48. The maximum atomic E-state index is 11.8. The van der Waals surface area contributed by atoms with Crippen LogP contribution in [0.25, 0.3) is 0 Å². The highest BCUT2D eigenvalue weighted by Gasteiger charge is 2.29. The summed E-state index contributed by atoms with van der Waals surface area (Å²) in [5.74, 6) is 1.32. The van der Waals surface area contributed by atoms with Gasteiger partial charge in [0.1, 0.15) is 4.90 Å². The summed E-state index contributed by atoms with van der Waals surface area (Å²) in [5, 5.41) is 3.46. The van der Waals surface area contributed by atoms with Crippen LogP contribution in [0, 0.1) is 11.8 Å². The van der Waals surface area contributed by atoms with Crippen molar-refractivity contribution in [2.75, 3.05) is 18.1 Å². The molecule has 1 aromatic carbocycles. The van der Waals surface area contributed by atoms with E-state index in [0.717, 1.165) is 12.1 Å². The summed E-state index contributed by atoms with van der Waals surface area (Å²) in [6.45, 7) is 4.52. The van der Waals surface area contributed by atoms with Crippen LogP contribution < -0.4 is 15.8 Å². The molecule has 20 heavy (non-hydrogen) atoms. The highest BCUT2D eigenvalue weighted by molar-refractivity contribution is 7.89. The van der Waals surface area contributed by atoms with Crippen LogP contribution in [0.15, 0.2) is 23.1 Å². The molecular formula is C14H23N3O2S. The fraction of sp³-hybridized carbons (Fsp3) is 0.571. The van der Waals surface area contributed by atoms with Crippen molar-refractivity contribution in [1.82, 2.24) is 4.72 Å². The lowest BCUT2D eigenvalue weighted by Crippen LogP contribution is -2.24. The molecule has 0 amide bonds. The Kier molecular flexibility index (Phi) is 4.25. The zero-order chi connectivity index (χ0) is 14.9. The van der Waals surface area contributed by atoms with Crippen LogP contribution >= 0.6 is 0 Å². The first-order valence-electron chi connectivity index (χ1n) is 6.94. The Morgan fingerprint density at radius 2 is 1.95 bits per heavy atom. The molecule has 0 heterocycles. The summed E-state index contributed by atoms with van der Waals surface area (Å²) in [5.41, 5.74) is 7.01. The van der Waals surface area contributed by atoms with Gasteiger partial charge in [-0.1, -0.05) is 13.8 Å². The molecule has 2 rings (SSSR count). The van der Waals surface area contributed by atoms with E-state index in [4.69, 9.17) is 5.73 Å². The average Bonchev–Trinajstić information content (AvgIpc) is 2.70. The van der Waals surface area contributed by atoms with Crippen LogP contribution in [-0.4, -0.2) is 21.5 Å². The Bertz CT molecular complexity index is 586. The molecule has 1 fully saturated rings. The van der Waals surface area contributed by atoms with E-state index in [2.05, 4.69) is 23.9 Å². The fourth-order valence-electron chi connectivity index (χ4n) is 2.78. The molecule has 3 atom stereocenters. The highest BCUT2D eigenvalue weighted by Crippen LogP contribution is 2.34. The summed E-state index contributed by atoms with van der Waals surface area (Å²) in [7, 11) is -2.12. The molecule has 1 aliphatic rings. The topological polar surface area (TPSA) is 84.2 Å². The third-order valence-electron chi connectivity index (χ3n) is 4.39. The molecule has 0 spiro atoms. The predicted octanol–water partition coefficient (Wildman–Crippen LogP) is 2.02. The number of rotatable bonds is 4. The standard InChI is InChI=1S/C14H23N3O2S/c1-9-4-6-13(10(9)2)17-11-5-7-14(12(15)8-11)20(18,19)16-3/h5,7-10,13,16-17H,4,6,15H2,1-3H3. The van der Waals surface area contributed by atoms with E-state index in [-0.39, 0.29) is 10.6 Å². The van der Waals surface area contributed by atoms with Gasteiger partial charge in [0.25, 0.3) is 0 Å². The van der Waals surface area contributed by atoms with Crippen molar-refractivity contribution in [3.63, 3.8) is 0 Å². The minimum atomic E-state index is -3.50. The number of nitrogens with one attached hydrogen (secondary N) is 2. The van der Waals surface area contributed by atoms with Gasteiger partial charge in [-0.2, -0.15) is 0 Å². The van der Waals surface area contributed by atoms with E-state index in [1.807, 2.05) is 0 Å². The van der Waals surface area contributed by atoms with Crippen LogP contribution in [0.4, 0.5) is 11.4 Å². The van der Waals surface area contributed by atoms with Crippen molar-refractivity contribution in [3.05, 3.63) is 18.2 Å². The van der Waals surface area contributed by atoms with Crippen LogP contribution in [0.2, 0.25) is 0 Å². The van der Waals surface area contributed by atoms with Crippen molar-refractivity contribution in [3.8, 4) is 0 Å². The lowest BCUT2D eigenvalue weighted by atomic mass is 9.97.